The molecule has 3 rings (SSSR count). The first-order valence-electron chi connectivity index (χ1n) is 5.87. The maximum atomic E-state index is 9.78. The summed E-state index contributed by atoms with van der Waals surface area (Å²) in [7, 11) is 0. The van der Waals surface area contributed by atoms with Gasteiger partial charge < -0.3 is 20.8 Å². The van der Waals surface area contributed by atoms with Crippen molar-refractivity contribution in [1.29, 1.82) is 0 Å². The van der Waals surface area contributed by atoms with Crippen LogP contribution < -0.4 is 10.6 Å². The summed E-state index contributed by atoms with van der Waals surface area (Å²) in [5, 5.41) is 19.2. The number of anilines is 2. The number of aliphatic imine (C=N–C) groups is 1. The van der Waals surface area contributed by atoms with E-state index in [1.807, 2.05) is 25.1 Å². The van der Waals surface area contributed by atoms with Crippen molar-refractivity contribution >= 4 is 22.9 Å². The molecule has 1 aromatic heterocycles. The van der Waals surface area contributed by atoms with Gasteiger partial charge >= 0.3 is 0 Å². The third kappa shape index (κ3) is 1.77. The molecule has 0 unspecified atom stereocenters. The lowest BCUT2D eigenvalue weighted by atomic mass is 10.1. The number of benzene rings is 1. The molecule has 2 heterocycles. The lowest BCUT2D eigenvalue weighted by Gasteiger charge is -2.28. The number of amidine groups is 1. The molecule has 6 heteroatoms. The van der Waals surface area contributed by atoms with E-state index in [1.165, 1.54) is 6.07 Å². The zero-order chi connectivity index (χ0) is 13.6. The highest BCUT2D eigenvalue weighted by molar-refractivity contribution is 6.01. The molecule has 0 bridgehead atoms. The number of H-pyrrole nitrogens is 1. The Bertz CT molecular complexity index is 675. The number of nitrogens with one attached hydrogen (secondary N) is 1. The van der Waals surface area contributed by atoms with Crippen LogP contribution in [0.5, 0.6) is 11.8 Å². The van der Waals surface area contributed by atoms with Gasteiger partial charge in [-0.05, 0) is 19.1 Å². The predicted octanol–water partition coefficient (Wildman–Crippen LogP) is 2.08. The number of rotatable bonds is 1. The molecule has 0 radical (unpaired) electrons. The molecule has 0 spiro atoms. The van der Waals surface area contributed by atoms with E-state index in [0.717, 1.165) is 17.1 Å². The number of aromatic nitrogens is 1. The molecular formula is C13H14N4O2. The summed E-state index contributed by atoms with van der Waals surface area (Å²) >= 11 is 0. The zero-order valence-electron chi connectivity index (χ0n) is 10.4. The number of nitrogen functional groups attached to an aromatic ring is 1. The average molecular weight is 258 g/mol. The third-order valence-electron chi connectivity index (χ3n) is 3.23. The van der Waals surface area contributed by atoms with Crippen molar-refractivity contribution in [3.63, 3.8) is 0 Å². The van der Waals surface area contributed by atoms with Crippen LogP contribution in [0.15, 0.2) is 29.3 Å². The first-order valence-corrected chi connectivity index (χ1v) is 5.87. The fraction of sp³-hybridized carbons (Fsp3) is 0.154. The number of hydrogen-bond donors (Lipinski definition) is 4. The van der Waals surface area contributed by atoms with E-state index in [4.69, 9.17) is 5.73 Å². The lowest BCUT2D eigenvalue weighted by molar-refractivity contribution is 0.425. The van der Waals surface area contributed by atoms with Gasteiger partial charge in [0.15, 0.2) is 5.88 Å². The normalized spacial score (nSPS) is 14.2. The van der Waals surface area contributed by atoms with E-state index >= 15 is 0 Å². The summed E-state index contributed by atoms with van der Waals surface area (Å²) in [5.74, 6) is 0.546. The van der Waals surface area contributed by atoms with Crippen molar-refractivity contribution < 1.29 is 10.2 Å². The second-order valence-electron chi connectivity index (χ2n) is 4.48. The van der Waals surface area contributed by atoms with Gasteiger partial charge in [0.1, 0.15) is 11.5 Å². The number of aromatic amines is 1. The predicted molar refractivity (Wildman–Crippen MR) is 73.9 cm³/mol. The van der Waals surface area contributed by atoms with E-state index in [2.05, 4.69) is 9.98 Å². The molecule has 0 saturated heterocycles. The van der Waals surface area contributed by atoms with E-state index in [1.54, 1.807) is 4.90 Å². The molecule has 19 heavy (non-hydrogen) atoms. The Kier molecular flexibility index (Phi) is 2.38. The third-order valence-corrected chi connectivity index (χ3v) is 3.23. The monoisotopic (exact) mass is 258 g/mol. The number of fused-ring (bicyclic) bond motifs is 1. The summed E-state index contributed by atoms with van der Waals surface area (Å²) in [6.45, 7) is 2.35. The molecule has 0 aliphatic carbocycles. The number of nitrogens with zero attached hydrogens (tertiary/aromatic N) is 2. The Morgan fingerprint density at radius 2 is 2.16 bits per heavy atom. The molecule has 1 aliphatic rings. The summed E-state index contributed by atoms with van der Waals surface area (Å²) in [6.07, 6.45) is 0. The molecule has 0 saturated carbocycles. The highest BCUT2D eigenvalue weighted by atomic mass is 16.3. The van der Waals surface area contributed by atoms with Crippen molar-refractivity contribution in [3.05, 3.63) is 29.8 Å². The average Bonchev–Trinajstić information content (AvgIpc) is 2.68. The van der Waals surface area contributed by atoms with Gasteiger partial charge in [0.2, 0.25) is 5.88 Å². The van der Waals surface area contributed by atoms with Crippen molar-refractivity contribution in [1.82, 2.24) is 4.98 Å². The van der Waals surface area contributed by atoms with Gasteiger partial charge in [0, 0.05) is 17.3 Å². The highest BCUT2D eigenvalue weighted by Crippen LogP contribution is 2.37. The fourth-order valence-corrected chi connectivity index (χ4v) is 2.26. The van der Waals surface area contributed by atoms with Crippen LogP contribution in [0, 0.1) is 0 Å². The van der Waals surface area contributed by atoms with Crippen molar-refractivity contribution in [2.45, 2.75) is 13.5 Å². The Balaban J connectivity index is 2.08. The van der Waals surface area contributed by atoms with Gasteiger partial charge in [0.25, 0.3) is 0 Å². The van der Waals surface area contributed by atoms with Gasteiger partial charge in [0.05, 0.1) is 12.2 Å². The maximum absolute atomic E-state index is 9.78. The van der Waals surface area contributed by atoms with Crippen LogP contribution in [-0.4, -0.2) is 21.0 Å². The summed E-state index contributed by atoms with van der Waals surface area (Å²) in [6, 6.07) is 7.04. The molecule has 0 atom stereocenters. The van der Waals surface area contributed by atoms with E-state index in [9.17, 15) is 10.2 Å². The van der Waals surface area contributed by atoms with Crippen LogP contribution in [-0.2, 0) is 6.54 Å². The fourth-order valence-electron chi connectivity index (χ4n) is 2.26. The Morgan fingerprint density at radius 3 is 2.84 bits per heavy atom. The number of nitrogens with two attached hydrogens (primary N) is 1. The smallest absolute Gasteiger partial charge is 0.215 e. The minimum absolute atomic E-state index is 0.0906. The SMILES string of the molecule is CC1=Nc2cccc(N)c2CN1c1cc(O)[nH]c1O. The second kappa shape index (κ2) is 3.94. The quantitative estimate of drug-likeness (QED) is 0.588. The topological polar surface area (TPSA) is 97.9 Å². The first-order chi connectivity index (χ1) is 9.06. The van der Waals surface area contributed by atoms with Gasteiger partial charge in [-0.15, -0.1) is 0 Å². The molecule has 1 aromatic carbocycles. The first kappa shape index (κ1) is 11.5. The maximum Gasteiger partial charge on any atom is 0.215 e. The van der Waals surface area contributed by atoms with E-state index < -0.39 is 0 Å². The van der Waals surface area contributed by atoms with Crippen LogP contribution in [0.2, 0.25) is 0 Å². The Labute approximate surface area is 109 Å². The van der Waals surface area contributed by atoms with Gasteiger partial charge in [-0.3, -0.25) is 4.98 Å². The van der Waals surface area contributed by atoms with Crippen LogP contribution in [0.25, 0.3) is 0 Å². The highest BCUT2D eigenvalue weighted by Gasteiger charge is 2.23. The standard InChI is InChI=1S/C13H14N4O2/c1-7-15-10-4-2-3-9(14)8(10)6-17(7)11-5-12(18)16-13(11)19/h2-5,16,18-19H,6,14H2,1H3. The minimum Gasteiger partial charge on any atom is -0.494 e. The van der Waals surface area contributed by atoms with Crippen LogP contribution >= 0.6 is 0 Å². The lowest BCUT2D eigenvalue weighted by Crippen LogP contribution is -2.30. The van der Waals surface area contributed by atoms with Crippen LogP contribution in [0.4, 0.5) is 17.1 Å². The van der Waals surface area contributed by atoms with Gasteiger partial charge in [-0.1, -0.05) is 6.07 Å². The van der Waals surface area contributed by atoms with E-state index in [-0.39, 0.29) is 11.8 Å². The Hall–Kier alpha value is -2.63. The van der Waals surface area contributed by atoms with Crippen LogP contribution in [0.3, 0.4) is 0 Å². The Morgan fingerprint density at radius 1 is 1.37 bits per heavy atom. The number of aromatic hydroxyl groups is 2. The summed E-state index contributed by atoms with van der Waals surface area (Å²) in [5.41, 5.74) is 8.85. The molecule has 6 nitrogen and oxygen atoms in total. The molecule has 5 N–H and O–H groups in total. The molecule has 0 amide bonds. The summed E-state index contributed by atoms with van der Waals surface area (Å²) in [4.78, 5) is 8.71. The molecule has 0 fully saturated rings. The van der Waals surface area contributed by atoms with Gasteiger partial charge in [-0.25, -0.2) is 4.99 Å². The zero-order valence-corrected chi connectivity index (χ0v) is 10.4. The second-order valence-corrected chi connectivity index (χ2v) is 4.48. The summed E-state index contributed by atoms with van der Waals surface area (Å²) < 4.78 is 0. The van der Waals surface area contributed by atoms with Crippen molar-refractivity contribution in [2.75, 3.05) is 10.6 Å². The molecular weight excluding hydrogens is 244 g/mol. The molecule has 98 valence electrons. The van der Waals surface area contributed by atoms with Crippen molar-refractivity contribution in [3.8, 4) is 11.8 Å². The number of hydrogen-bond acceptors (Lipinski definition) is 5. The van der Waals surface area contributed by atoms with E-state index in [0.29, 0.717) is 17.9 Å². The minimum atomic E-state index is -0.0926. The van der Waals surface area contributed by atoms with Gasteiger partial charge in [-0.2, -0.15) is 0 Å². The van der Waals surface area contributed by atoms with Crippen LogP contribution in [0.1, 0.15) is 12.5 Å². The molecule has 2 aromatic rings. The van der Waals surface area contributed by atoms with Crippen molar-refractivity contribution in [2.24, 2.45) is 4.99 Å². The molecule has 1 aliphatic heterocycles. The largest absolute Gasteiger partial charge is 0.494 e.